The second-order valence-electron chi connectivity index (χ2n) is 5.09. The first-order chi connectivity index (χ1) is 8.50. The highest BCUT2D eigenvalue weighted by Gasteiger charge is 2.36. The van der Waals surface area contributed by atoms with Gasteiger partial charge in [-0.2, -0.15) is 0 Å². The Bertz CT molecular complexity index is 430. The Morgan fingerprint density at radius 3 is 2.89 bits per heavy atom. The minimum Gasteiger partial charge on any atom is -0.328 e. The molecule has 2 unspecified atom stereocenters. The van der Waals surface area contributed by atoms with Crippen LogP contribution in [0.4, 0.5) is 4.79 Å². The highest BCUT2D eigenvalue weighted by Crippen LogP contribution is 2.33. The van der Waals surface area contributed by atoms with E-state index in [0.717, 1.165) is 19.5 Å². The molecular weight excluding hydrogens is 246 g/mol. The Morgan fingerprint density at radius 1 is 1.61 bits per heavy atom. The second kappa shape index (κ2) is 5.28. The van der Waals surface area contributed by atoms with Crippen molar-refractivity contribution in [1.82, 2.24) is 9.80 Å². The van der Waals surface area contributed by atoms with E-state index in [0.29, 0.717) is 0 Å². The molecule has 1 saturated heterocycles. The normalized spacial score (nSPS) is 21.8. The molecule has 4 nitrogen and oxygen atoms in total. The molecule has 2 N–H and O–H groups in total. The summed E-state index contributed by atoms with van der Waals surface area (Å²) in [6.07, 6.45) is 0.857. The summed E-state index contributed by atoms with van der Waals surface area (Å²) < 4.78 is 0. The number of carbonyl (C=O) groups is 1. The summed E-state index contributed by atoms with van der Waals surface area (Å²) in [6, 6.07) is 2.58. The third-order valence-corrected chi connectivity index (χ3v) is 4.61. The van der Waals surface area contributed by atoms with Crippen LogP contribution in [0.15, 0.2) is 11.4 Å². The summed E-state index contributed by atoms with van der Waals surface area (Å²) in [4.78, 5) is 17.2. The predicted molar refractivity (Wildman–Crippen MR) is 74.8 cm³/mol. The van der Waals surface area contributed by atoms with Crippen LogP contribution in [0.2, 0.25) is 0 Å². The number of aryl methyl sites for hydroxylation is 1. The number of carbonyl (C=O) groups excluding carboxylic acids is 1. The molecule has 1 fully saturated rings. The standard InChI is InChI=1S/C13H21N3OS/c1-9-5-7-18-12(9)11-8-16(6-4-10(2)14)13(17)15(11)3/h5,7,10-11H,4,6,8,14H2,1-3H3. The molecule has 2 amide bonds. The first kappa shape index (κ1) is 13.4. The van der Waals surface area contributed by atoms with Crippen molar-refractivity contribution >= 4 is 17.4 Å². The lowest BCUT2D eigenvalue weighted by Gasteiger charge is -2.17. The molecule has 0 aromatic carbocycles. The van der Waals surface area contributed by atoms with Crippen molar-refractivity contribution in [3.8, 4) is 0 Å². The first-order valence-corrected chi connectivity index (χ1v) is 7.20. The Balaban J connectivity index is 2.08. The van der Waals surface area contributed by atoms with Crippen LogP contribution in [-0.2, 0) is 0 Å². The summed E-state index contributed by atoms with van der Waals surface area (Å²) in [5.41, 5.74) is 7.03. The van der Waals surface area contributed by atoms with Gasteiger partial charge in [0.15, 0.2) is 0 Å². The van der Waals surface area contributed by atoms with Gasteiger partial charge in [0, 0.05) is 31.1 Å². The maximum Gasteiger partial charge on any atom is 0.320 e. The number of hydrogen-bond donors (Lipinski definition) is 1. The number of hydrogen-bond acceptors (Lipinski definition) is 3. The highest BCUT2D eigenvalue weighted by atomic mass is 32.1. The average molecular weight is 267 g/mol. The van der Waals surface area contributed by atoms with E-state index >= 15 is 0 Å². The molecule has 2 rings (SSSR count). The van der Waals surface area contributed by atoms with Crippen molar-refractivity contribution in [2.24, 2.45) is 5.73 Å². The van der Waals surface area contributed by atoms with Crippen LogP contribution in [0.3, 0.4) is 0 Å². The molecule has 0 spiro atoms. The molecule has 0 radical (unpaired) electrons. The average Bonchev–Trinajstić information content (AvgIpc) is 2.84. The molecular formula is C13H21N3OS. The number of amides is 2. The molecule has 1 aromatic rings. The number of urea groups is 1. The van der Waals surface area contributed by atoms with Gasteiger partial charge in [0.1, 0.15) is 0 Å². The van der Waals surface area contributed by atoms with Gasteiger partial charge in [-0.3, -0.25) is 0 Å². The van der Waals surface area contributed by atoms with Crippen LogP contribution in [-0.4, -0.2) is 42.0 Å². The zero-order valence-electron chi connectivity index (χ0n) is 11.2. The Hall–Kier alpha value is -1.07. The highest BCUT2D eigenvalue weighted by molar-refractivity contribution is 7.10. The summed E-state index contributed by atoms with van der Waals surface area (Å²) in [6.45, 7) is 5.62. The molecule has 1 aromatic heterocycles. The zero-order valence-corrected chi connectivity index (χ0v) is 12.0. The second-order valence-corrected chi connectivity index (χ2v) is 6.04. The minimum absolute atomic E-state index is 0.119. The first-order valence-electron chi connectivity index (χ1n) is 6.32. The summed E-state index contributed by atoms with van der Waals surface area (Å²) >= 11 is 1.73. The van der Waals surface area contributed by atoms with Gasteiger partial charge < -0.3 is 15.5 Å². The number of nitrogens with zero attached hydrogens (tertiary/aromatic N) is 2. The maximum atomic E-state index is 12.2. The zero-order chi connectivity index (χ0) is 13.3. The topological polar surface area (TPSA) is 49.6 Å². The van der Waals surface area contributed by atoms with E-state index in [9.17, 15) is 4.79 Å². The van der Waals surface area contributed by atoms with E-state index in [1.165, 1.54) is 10.4 Å². The van der Waals surface area contributed by atoms with Gasteiger partial charge in [-0.25, -0.2) is 4.79 Å². The Labute approximate surface area is 112 Å². The van der Waals surface area contributed by atoms with Crippen molar-refractivity contribution in [2.45, 2.75) is 32.4 Å². The van der Waals surface area contributed by atoms with E-state index < -0.39 is 0 Å². The molecule has 0 bridgehead atoms. The Morgan fingerprint density at radius 2 is 2.33 bits per heavy atom. The summed E-state index contributed by atoms with van der Waals surface area (Å²) in [5.74, 6) is 0. The molecule has 1 aliphatic rings. The summed E-state index contributed by atoms with van der Waals surface area (Å²) in [5, 5.41) is 2.09. The molecule has 2 heterocycles. The lowest BCUT2D eigenvalue weighted by Crippen LogP contribution is -2.32. The molecule has 0 aliphatic carbocycles. The lowest BCUT2D eigenvalue weighted by atomic mass is 10.1. The van der Waals surface area contributed by atoms with Crippen molar-refractivity contribution in [2.75, 3.05) is 20.1 Å². The van der Waals surface area contributed by atoms with Gasteiger partial charge in [0.05, 0.1) is 6.04 Å². The molecule has 0 saturated carbocycles. The third-order valence-electron chi connectivity index (χ3n) is 3.49. The van der Waals surface area contributed by atoms with E-state index in [-0.39, 0.29) is 18.1 Å². The van der Waals surface area contributed by atoms with E-state index in [2.05, 4.69) is 18.4 Å². The number of rotatable bonds is 4. The van der Waals surface area contributed by atoms with E-state index in [1.807, 2.05) is 23.8 Å². The van der Waals surface area contributed by atoms with Crippen molar-refractivity contribution in [3.63, 3.8) is 0 Å². The fourth-order valence-corrected chi connectivity index (χ4v) is 3.36. The Kier molecular flexibility index (Phi) is 3.92. The van der Waals surface area contributed by atoms with Gasteiger partial charge in [-0.05, 0) is 37.3 Å². The molecule has 2 atom stereocenters. The smallest absolute Gasteiger partial charge is 0.320 e. The third kappa shape index (κ3) is 2.52. The molecule has 1 aliphatic heterocycles. The lowest BCUT2D eigenvalue weighted by molar-refractivity contribution is 0.195. The number of nitrogens with two attached hydrogens (primary N) is 1. The van der Waals surface area contributed by atoms with Crippen molar-refractivity contribution in [3.05, 3.63) is 21.9 Å². The monoisotopic (exact) mass is 267 g/mol. The molecule has 18 heavy (non-hydrogen) atoms. The molecule has 5 heteroatoms. The van der Waals surface area contributed by atoms with E-state index in [4.69, 9.17) is 5.73 Å². The fraction of sp³-hybridized carbons (Fsp3) is 0.615. The van der Waals surface area contributed by atoms with E-state index in [1.54, 1.807) is 11.3 Å². The van der Waals surface area contributed by atoms with Gasteiger partial charge in [0.2, 0.25) is 0 Å². The summed E-state index contributed by atoms with van der Waals surface area (Å²) in [7, 11) is 1.89. The fourth-order valence-electron chi connectivity index (χ4n) is 2.30. The minimum atomic E-state index is 0.119. The van der Waals surface area contributed by atoms with Crippen molar-refractivity contribution < 1.29 is 4.79 Å². The van der Waals surface area contributed by atoms with Gasteiger partial charge in [-0.15, -0.1) is 11.3 Å². The number of likely N-dealkylation sites (N-methyl/N-ethyl adjacent to an activating group) is 1. The molecule has 100 valence electrons. The predicted octanol–water partition coefficient (Wildman–Crippen LogP) is 2.20. The maximum absolute atomic E-state index is 12.2. The van der Waals surface area contributed by atoms with Gasteiger partial charge in [-0.1, -0.05) is 0 Å². The van der Waals surface area contributed by atoms with Gasteiger partial charge in [0.25, 0.3) is 0 Å². The van der Waals surface area contributed by atoms with Crippen molar-refractivity contribution in [1.29, 1.82) is 0 Å². The SMILES string of the molecule is Cc1ccsc1C1CN(CCC(C)N)C(=O)N1C. The number of thiophene rings is 1. The van der Waals surface area contributed by atoms with Crippen LogP contribution < -0.4 is 5.73 Å². The van der Waals surface area contributed by atoms with Crippen LogP contribution in [0.1, 0.15) is 29.8 Å². The van der Waals surface area contributed by atoms with Crippen LogP contribution in [0.5, 0.6) is 0 Å². The van der Waals surface area contributed by atoms with Crippen LogP contribution >= 0.6 is 11.3 Å². The largest absolute Gasteiger partial charge is 0.328 e. The van der Waals surface area contributed by atoms with Gasteiger partial charge >= 0.3 is 6.03 Å². The van der Waals surface area contributed by atoms with Crippen LogP contribution in [0.25, 0.3) is 0 Å². The van der Waals surface area contributed by atoms with Crippen LogP contribution in [0, 0.1) is 6.92 Å². The quantitative estimate of drug-likeness (QED) is 0.909.